The molecule has 0 unspecified atom stereocenters. The lowest BCUT2D eigenvalue weighted by Crippen LogP contribution is -2.49. The molecule has 0 atom stereocenters. The maximum absolute atomic E-state index is 12.6. The van der Waals surface area contributed by atoms with Crippen LogP contribution in [0.3, 0.4) is 0 Å². The van der Waals surface area contributed by atoms with Crippen molar-refractivity contribution < 1.29 is 9.59 Å². The first-order chi connectivity index (χ1) is 15.1. The zero-order chi connectivity index (χ0) is 22.1. The molecule has 0 bridgehead atoms. The SMILES string of the molecule is CCNC(=NCC(=O)N1CCN(c2ccc(Cl)cc2)CC1)NCCCN1CCCC1=O. The first-order valence-electron chi connectivity index (χ1n) is 11.1. The average Bonchev–Trinajstić information content (AvgIpc) is 3.20. The number of hydrogen-bond acceptors (Lipinski definition) is 4. The van der Waals surface area contributed by atoms with Crippen molar-refractivity contribution in [2.24, 2.45) is 4.99 Å². The Hall–Kier alpha value is -2.48. The lowest BCUT2D eigenvalue weighted by Gasteiger charge is -2.36. The van der Waals surface area contributed by atoms with E-state index in [4.69, 9.17) is 11.6 Å². The number of likely N-dealkylation sites (tertiary alicyclic amines) is 1. The Kier molecular flexibility index (Phi) is 8.82. The summed E-state index contributed by atoms with van der Waals surface area (Å²) in [5.74, 6) is 0.932. The van der Waals surface area contributed by atoms with Crippen molar-refractivity contribution in [3.05, 3.63) is 29.3 Å². The van der Waals surface area contributed by atoms with Gasteiger partial charge in [0, 0.05) is 69.5 Å². The summed E-state index contributed by atoms with van der Waals surface area (Å²) in [5, 5.41) is 7.17. The Morgan fingerprint density at radius 3 is 2.48 bits per heavy atom. The third-order valence-corrected chi connectivity index (χ3v) is 5.86. The zero-order valence-electron chi connectivity index (χ0n) is 18.3. The first-order valence-corrected chi connectivity index (χ1v) is 11.5. The van der Waals surface area contributed by atoms with Crippen molar-refractivity contribution in [1.82, 2.24) is 20.4 Å². The minimum Gasteiger partial charge on any atom is -0.368 e. The molecule has 1 aromatic carbocycles. The number of benzene rings is 1. The van der Waals surface area contributed by atoms with Gasteiger partial charge in [0.2, 0.25) is 11.8 Å². The summed E-state index contributed by atoms with van der Waals surface area (Å²) in [5.41, 5.74) is 1.13. The third kappa shape index (κ3) is 7.02. The fraction of sp³-hybridized carbons (Fsp3) is 0.591. The van der Waals surface area contributed by atoms with Gasteiger partial charge >= 0.3 is 0 Å². The van der Waals surface area contributed by atoms with Gasteiger partial charge in [-0.15, -0.1) is 0 Å². The zero-order valence-corrected chi connectivity index (χ0v) is 19.0. The van der Waals surface area contributed by atoms with Gasteiger partial charge in [-0.1, -0.05) is 11.6 Å². The lowest BCUT2D eigenvalue weighted by atomic mass is 10.2. The summed E-state index contributed by atoms with van der Waals surface area (Å²) >= 11 is 5.96. The highest BCUT2D eigenvalue weighted by molar-refractivity contribution is 6.30. The van der Waals surface area contributed by atoms with E-state index in [2.05, 4.69) is 20.5 Å². The summed E-state index contributed by atoms with van der Waals surface area (Å²) in [6, 6.07) is 7.80. The second-order valence-corrected chi connectivity index (χ2v) is 8.24. The quantitative estimate of drug-likeness (QED) is 0.358. The summed E-state index contributed by atoms with van der Waals surface area (Å²) in [6.07, 6.45) is 2.50. The molecule has 2 aliphatic rings. The van der Waals surface area contributed by atoms with E-state index in [9.17, 15) is 9.59 Å². The molecule has 2 N–H and O–H groups in total. The summed E-state index contributed by atoms with van der Waals surface area (Å²) in [6.45, 7) is 8.16. The van der Waals surface area contributed by atoms with Crippen LogP contribution >= 0.6 is 11.6 Å². The van der Waals surface area contributed by atoms with Crippen LogP contribution in [-0.2, 0) is 9.59 Å². The lowest BCUT2D eigenvalue weighted by molar-refractivity contribution is -0.130. The van der Waals surface area contributed by atoms with Crippen LogP contribution in [0.25, 0.3) is 0 Å². The van der Waals surface area contributed by atoms with E-state index >= 15 is 0 Å². The molecule has 0 saturated carbocycles. The number of guanidine groups is 1. The summed E-state index contributed by atoms with van der Waals surface area (Å²) in [4.78, 5) is 34.8. The van der Waals surface area contributed by atoms with Gasteiger partial charge in [0.25, 0.3) is 0 Å². The monoisotopic (exact) mass is 448 g/mol. The van der Waals surface area contributed by atoms with Gasteiger partial charge in [0.1, 0.15) is 6.54 Å². The van der Waals surface area contributed by atoms with E-state index in [1.807, 2.05) is 41.0 Å². The molecule has 0 aliphatic carbocycles. The first kappa shape index (κ1) is 23.2. The number of anilines is 1. The number of aliphatic imine (C=N–C) groups is 1. The van der Waals surface area contributed by atoms with Gasteiger partial charge in [0.05, 0.1) is 0 Å². The van der Waals surface area contributed by atoms with Crippen LogP contribution in [0.15, 0.2) is 29.3 Å². The molecule has 2 aliphatic heterocycles. The van der Waals surface area contributed by atoms with Gasteiger partial charge < -0.3 is 25.3 Å². The Morgan fingerprint density at radius 2 is 1.84 bits per heavy atom. The minimum absolute atomic E-state index is 0.0376. The van der Waals surface area contributed by atoms with Gasteiger partial charge in [-0.25, -0.2) is 4.99 Å². The smallest absolute Gasteiger partial charge is 0.244 e. The molecule has 3 rings (SSSR count). The van der Waals surface area contributed by atoms with E-state index in [0.29, 0.717) is 32.0 Å². The molecular weight excluding hydrogens is 416 g/mol. The Labute approximate surface area is 189 Å². The van der Waals surface area contributed by atoms with Gasteiger partial charge in [-0.3, -0.25) is 9.59 Å². The maximum atomic E-state index is 12.6. The summed E-state index contributed by atoms with van der Waals surface area (Å²) < 4.78 is 0. The van der Waals surface area contributed by atoms with Crippen LogP contribution in [-0.4, -0.2) is 86.5 Å². The Balaban J connectivity index is 1.40. The largest absolute Gasteiger partial charge is 0.368 e. The molecule has 2 amide bonds. The van der Waals surface area contributed by atoms with Crippen LogP contribution < -0.4 is 15.5 Å². The van der Waals surface area contributed by atoms with Gasteiger partial charge in [-0.2, -0.15) is 0 Å². The fourth-order valence-corrected chi connectivity index (χ4v) is 4.00. The molecule has 0 aromatic heterocycles. The molecule has 170 valence electrons. The fourth-order valence-electron chi connectivity index (χ4n) is 3.87. The normalized spacial score (nSPS) is 17.3. The highest BCUT2D eigenvalue weighted by atomic mass is 35.5. The van der Waals surface area contributed by atoms with Crippen LogP contribution in [0.4, 0.5) is 5.69 Å². The number of rotatable bonds is 8. The number of amides is 2. The van der Waals surface area contributed by atoms with E-state index in [0.717, 1.165) is 56.3 Å². The van der Waals surface area contributed by atoms with Crippen LogP contribution in [0, 0.1) is 0 Å². The molecule has 2 saturated heterocycles. The molecule has 0 spiro atoms. The number of nitrogens with zero attached hydrogens (tertiary/aromatic N) is 4. The average molecular weight is 449 g/mol. The van der Waals surface area contributed by atoms with Crippen molar-refractivity contribution >= 4 is 35.1 Å². The van der Waals surface area contributed by atoms with E-state index in [-0.39, 0.29) is 18.4 Å². The van der Waals surface area contributed by atoms with Gasteiger partial charge in [0.15, 0.2) is 5.96 Å². The molecule has 31 heavy (non-hydrogen) atoms. The van der Waals surface area contributed by atoms with Crippen molar-refractivity contribution in [2.45, 2.75) is 26.2 Å². The van der Waals surface area contributed by atoms with E-state index in [1.165, 1.54) is 0 Å². The number of halogens is 1. The topological polar surface area (TPSA) is 80.3 Å². The number of carbonyl (C=O) groups is 2. The molecular formula is C22H33ClN6O2. The van der Waals surface area contributed by atoms with Crippen molar-refractivity contribution in [3.63, 3.8) is 0 Å². The predicted molar refractivity (Wildman–Crippen MR) is 125 cm³/mol. The molecule has 1 aromatic rings. The molecule has 0 radical (unpaired) electrons. The maximum Gasteiger partial charge on any atom is 0.244 e. The third-order valence-electron chi connectivity index (χ3n) is 5.61. The van der Waals surface area contributed by atoms with Crippen molar-refractivity contribution in [1.29, 1.82) is 0 Å². The number of hydrogen-bond donors (Lipinski definition) is 2. The molecule has 9 heteroatoms. The molecule has 2 heterocycles. The molecule has 2 fully saturated rings. The highest BCUT2D eigenvalue weighted by Gasteiger charge is 2.21. The number of piperazine rings is 1. The van der Waals surface area contributed by atoms with E-state index in [1.54, 1.807) is 0 Å². The van der Waals surface area contributed by atoms with Gasteiger partial charge in [-0.05, 0) is 44.0 Å². The van der Waals surface area contributed by atoms with E-state index < -0.39 is 0 Å². The highest BCUT2D eigenvalue weighted by Crippen LogP contribution is 2.19. The second-order valence-electron chi connectivity index (χ2n) is 7.80. The molecule has 8 nitrogen and oxygen atoms in total. The Morgan fingerprint density at radius 1 is 1.10 bits per heavy atom. The number of carbonyl (C=O) groups excluding carboxylic acids is 2. The van der Waals surface area contributed by atoms with Crippen molar-refractivity contribution in [3.8, 4) is 0 Å². The number of nitrogens with one attached hydrogen (secondary N) is 2. The Bertz CT molecular complexity index is 762. The second kappa shape index (κ2) is 11.8. The van der Waals surface area contributed by atoms with Crippen LogP contribution in [0.5, 0.6) is 0 Å². The minimum atomic E-state index is 0.0376. The standard InChI is InChI=1S/C22H33ClN6O2/c1-2-24-22(25-10-4-12-28-11-3-5-20(28)30)26-17-21(31)29-15-13-27(14-16-29)19-8-6-18(23)7-9-19/h6-9H,2-5,10-17H2,1H3,(H2,24,25,26). The summed E-state index contributed by atoms with van der Waals surface area (Å²) in [7, 11) is 0. The van der Waals surface area contributed by atoms with Crippen LogP contribution in [0.2, 0.25) is 5.02 Å². The van der Waals surface area contributed by atoms with Crippen molar-refractivity contribution in [2.75, 3.05) is 63.8 Å². The predicted octanol–water partition coefficient (Wildman–Crippen LogP) is 1.56. The van der Waals surface area contributed by atoms with Crippen LogP contribution in [0.1, 0.15) is 26.2 Å².